The fraction of sp³-hybridized carbons (Fsp3) is 0.300. The summed E-state index contributed by atoms with van der Waals surface area (Å²) in [7, 11) is 1.83. The minimum atomic E-state index is -0.488. The van der Waals surface area contributed by atoms with Crippen LogP contribution < -0.4 is 10.5 Å². The van der Waals surface area contributed by atoms with E-state index in [-0.39, 0.29) is 18.6 Å². The molecule has 5 nitrogen and oxygen atoms in total. The van der Waals surface area contributed by atoms with Gasteiger partial charge in [0.15, 0.2) is 6.61 Å². The van der Waals surface area contributed by atoms with E-state index < -0.39 is 5.91 Å². The number of hydrogen-bond donors (Lipinski definition) is 1. The zero-order valence-electron chi connectivity index (χ0n) is 14.3. The van der Waals surface area contributed by atoms with Gasteiger partial charge in [-0.05, 0) is 54.7 Å². The molecule has 2 amide bonds. The Bertz CT molecular complexity index is 771. The van der Waals surface area contributed by atoms with E-state index in [1.807, 2.05) is 19.2 Å². The molecule has 130 valence electrons. The molecule has 5 heteroatoms. The lowest BCUT2D eigenvalue weighted by molar-refractivity contribution is -0.134. The first kappa shape index (κ1) is 17.0. The molecule has 2 aromatic carbocycles. The lowest BCUT2D eigenvalue weighted by atomic mass is 9.87. The second kappa shape index (κ2) is 7.38. The Morgan fingerprint density at radius 2 is 1.88 bits per heavy atom. The van der Waals surface area contributed by atoms with Gasteiger partial charge in [0.25, 0.3) is 5.91 Å². The largest absolute Gasteiger partial charge is 0.484 e. The number of amides is 2. The highest BCUT2D eigenvalue weighted by molar-refractivity contribution is 5.92. The predicted molar refractivity (Wildman–Crippen MR) is 95.3 cm³/mol. The molecule has 1 atom stereocenters. The number of nitrogens with two attached hydrogens (primary N) is 1. The van der Waals surface area contributed by atoms with Gasteiger partial charge in [-0.1, -0.05) is 24.3 Å². The maximum atomic E-state index is 12.5. The average molecular weight is 338 g/mol. The molecule has 2 N–H and O–H groups in total. The maximum Gasteiger partial charge on any atom is 0.260 e. The zero-order valence-corrected chi connectivity index (χ0v) is 14.3. The van der Waals surface area contributed by atoms with Crippen molar-refractivity contribution in [3.63, 3.8) is 0 Å². The first-order valence-corrected chi connectivity index (χ1v) is 8.42. The molecule has 0 saturated carbocycles. The van der Waals surface area contributed by atoms with Crippen LogP contribution in [0, 0.1) is 0 Å². The zero-order chi connectivity index (χ0) is 17.8. The number of carbonyl (C=O) groups excluding carboxylic acids is 2. The number of fused-ring (bicyclic) bond motifs is 1. The quantitative estimate of drug-likeness (QED) is 0.911. The Balaban J connectivity index is 1.63. The van der Waals surface area contributed by atoms with E-state index >= 15 is 0 Å². The second-order valence-corrected chi connectivity index (χ2v) is 6.29. The van der Waals surface area contributed by atoms with Gasteiger partial charge in [0.05, 0.1) is 6.04 Å². The summed E-state index contributed by atoms with van der Waals surface area (Å²) in [6, 6.07) is 14.9. The molecular formula is C20H22N2O3. The Morgan fingerprint density at radius 1 is 1.16 bits per heavy atom. The van der Waals surface area contributed by atoms with E-state index in [0.29, 0.717) is 11.3 Å². The van der Waals surface area contributed by atoms with Crippen LogP contribution in [0.5, 0.6) is 5.75 Å². The smallest absolute Gasteiger partial charge is 0.260 e. The van der Waals surface area contributed by atoms with E-state index in [1.54, 1.807) is 29.2 Å². The lowest BCUT2D eigenvalue weighted by Crippen LogP contribution is -2.36. The molecule has 0 heterocycles. The summed E-state index contributed by atoms with van der Waals surface area (Å²) in [6.45, 7) is -0.0366. The average Bonchev–Trinajstić information content (AvgIpc) is 2.65. The van der Waals surface area contributed by atoms with Crippen molar-refractivity contribution in [3.8, 4) is 5.75 Å². The highest BCUT2D eigenvalue weighted by Crippen LogP contribution is 2.33. The van der Waals surface area contributed by atoms with Crippen molar-refractivity contribution >= 4 is 11.8 Å². The number of likely N-dealkylation sites (N-methyl/N-ethyl adjacent to an activating group) is 1. The minimum Gasteiger partial charge on any atom is -0.484 e. The van der Waals surface area contributed by atoms with Crippen molar-refractivity contribution in [2.75, 3.05) is 13.7 Å². The van der Waals surface area contributed by atoms with Gasteiger partial charge in [-0.15, -0.1) is 0 Å². The number of primary amides is 1. The third-order valence-corrected chi connectivity index (χ3v) is 4.70. The molecule has 0 radical (unpaired) electrons. The number of benzene rings is 2. The SMILES string of the molecule is CN(C(=O)COc1ccc(C(N)=O)cc1)[C@H]1CCCc2ccccc21. The van der Waals surface area contributed by atoms with Crippen molar-refractivity contribution in [3.05, 3.63) is 65.2 Å². The highest BCUT2D eigenvalue weighted by atomic mass is 16.5. The summed E-state index contributed by atoms with van der Waals surface area (Å²) < 4.78 is 5.56. The molecule has 0 fully saturated rings. The van der Waals surface area contributed by atoms with Gasteiger partial charge < -0.3 is 15.4 Å². The molecular weight excluding hydrogens is 316 g/mol. The van der Waals surface area contributed by atoms with Gasteiger partial charge in [0, 0.05) is 12.6 Å². The third kappa shape index (κ3) is 3.82. The number of ether oxygens (including phenoxy) is 1. The first-order valence-electron chi connectivity index (χ1n) is 8.42. The Hall–Kier alpha value is -2.82. The van der Waals surface area contributed by atoms with Crippen LogP contribution in [0.15, 0.2) is 48.5 Å². The normalized spacial score (nSPS) is 16.0. The summed E-state index contributed by atoms with van der Waals surface area (Å²) in [5.74, 6) is -0.0187. The summed E-state index contributed by atoms with van der Waals surface area (Å²) in [5.41, 5.74) is 8.17. The fourth-order valence-corrected chi connectivity index (χ4v) is 3.27. The van der Waals surface area contributed by atoms with Crippen LogP contribution in [0.1, 0.15) is 40.4 Å². The topological polar surface area (TPSA) is 72.6 Å². The monoisotopic (exact) mass is 338 g/mol. The van der Waals surface area contributed by atoms with Gasteiger partial charge in [0.2, 0.25) is 5.91 Å². The van der Waals surface area contributed by atoms with E-state index in [9.17, 15) is 9.59 Å². The molecule has 0 aliphatic heterocycles. The minimum absolute atomic E-state index is 0.0366. The van der Waals surface area contributed by atoms with Crippen molar-refractivity contribution in [2.45, 2.75) is 25.3 Å². The number of rotatable bonds is 5. The lowest BCUT2D eigenvalue weighted by Gasteiger charge is -2.33. The van der Waals surface area contributed by atoms with Gasteiger partial charge in [0.1, 0.15) is 5.75 Å². The van der Waals surface area contributed by atoms with Crippen LogP contribution in [0.3, 0.4) is 0 Å². The maximum absolute atomic E-state index is 12.5. The van der Waals surface area contributed by atoms with Crippen molar-refractivity contribution < 1.29 is 14.3 Å². The number of hydrogen-bond acceptors (Lipinski definition) is 3. The summed E-state index contributed by atoms with van der Waals surface area (Å²) in [5, 5.41) is 0. The van der Waals surface area contributed by atoms with Crippen LogP contribution in [0.4, 0.5) is 0 Å². The van der Waals surface area contributed by atoms with Gasteiger partial charge in [-0.2, -0.15) is 0 Å². The number of carbonyl (C=O) groups is 2. The fourth-order valence-electron chi connectivity index (χ4n) is 3.27. The molecule has 0 aromatic heterocycles. The van der Waals surface area contributed by atoms with Gasteiger partial charge in [-0.25, -0.2) is 0 Å². The van der Waals surface area contributed by atoms with Crippen LogP contribution in [0.25, 0.3) is 0 Å². The Kier molecular flexibility index (Phi) is 5.03. The highest BCUT2D eigenvalue weighted by Gasteiger charge is 2.26. The summed E-state index contributed by atoms with van der Waals surface area (Å²) in [6.07, 6.45) is 3.11. The Morgan fingerprint density at radius 3 is 2.60 bits per heavy atom. The van der Waals surface area contributed by atoms with Crippen LogP contribution in [-0.2, 0) is 11.2 Å². The van der Waals surface area contributed by atoms with E-state index in [4.69, 9.17) is 10.5 Å². The molecule has 1 aliphatic rings. The summed E-state index contributed by atoms with van der Waals surface area (Å²) >= 11 is 0. The molecule has 3 rings (SSSR count). The van der Waals surface area contributed by atoms with Gasteiger partial charge >= 0.3 is 0 Å². The molecule has 0 spiro atoms. The first-order chi connectivity index (χ1) is 12.1. The molecule has 0 unspecified atom stereocenters. The number of nitrogens with zero attached hydrogens (tertiary/aromatic N) is 1. The number of aryl methyl sites for hydroxylation is 1. The van der Waals surface area contributed by atoms with E-state index in [2.05, 4.69) is 12.1 Å². The van der Waals surface area contributed by atoms with Crippen LogP contribution in [0.2, 0.25) is 0 Å². The third-order valence-electron chi connectivity index (χ3n) is 4.70. The molecule has 0 bridgehead atoms. The standard InChI is InChI=1S/C20H22N2O3/c1-22(18-8-4-6-14-5-2-3-7-17(14)18)19(23)13-25-16-11-9-15(10-12-16)20(21)24/h2-3,5,7,9-12,18H,4,6,8,13H2,1H3,(H2,21,24)/t18-/m0/s1. The molecule has 1 aliphatic carbocycles. The van der Waals surface area contributed by atoms with Crippen molar-refractivity contribution in [1.29, 1.82) is 0 Å². The Labute approximate surface area is 147 Å². The molecule has 0 saturated heterocycles. The predicted octanol–water partition coefficient (Wildman–Crippen LogP) is 2.70. The van der Waals surface area contributed by atoms with Crippen molar-refractivity contribution in [1.82, 2.24) is 4.90 Å². The molecule has 25 heavy (non-hydrogen) atoms. The molecule has 2 aromatic rings. The van der Waals surface area contributed by atoms with Crippen LogP contribution >= 0.6 is 0 Å². The van der Waals surface area contributed by atoms with Crippen molar-refractivity contribution in [2.24, 2.45) is 5.73 Å². The van der Waals surface area contributed by atoms with Crippen LogP contribution in [-0.4, -0.2) is 30.4 Å². The van der Waals surface area contributed by atoms with Gasteiger partial charge in [-0.3, -0.25) is 9.59 Å². The second-order valence-electron chi connectivity index (χ2n) is 6.29. The summed E-state index contributed by atoms with van der Waals surface area (Å²) in [4.78, 5) is 25.4. The van der Waals surface area contributed by atoms with E-state index in [0.717, 1.165) is 19.3 Å². The van der Waals surface area contributed by atoms with E-state index in [1.165, 1.54) is 11.1 Å².